The summed E-state index contributed by atoms with van der Waals surface area (Å²) in [6.07, 6.45) is 5.81. The summed E-state index contributed by atoms with van der Waals surface area (Å²) in [7, 11) is 0. The highest BCUT2D eigenvalue weighted by atomic mass is 35.5. The van der Waals surface area contributed by atoms with Crippen molar-refractivity contribution in [3.05, 3.63) is 94.5 Å². The monoisotopic (exact) mass is 611 g/mol. The maximum atomic E-state index is 11.7. The molecule has 2 atom stereocenters. The molecule has 0 bridgehead atoms. The molecular formula is C34H30ClN3O6. The van der Waals surface area contributed by atoms with Crippen molar-refractivity contribution >= 4 is 45.1 Å². The first kappa shape index (κ1) is 27.3. The molecule has 3 aliphatic heterocycles. The highest BCUT2D eigenvalue weighted by molar-refractivity contribution is 6.35. The first-order chi connectivity index (χ1) is 21.4. The second kappa shape index (κ2) is 10.4. The highest BCUT2D eigenvalue weighted by Crippen LogP contribution is 2.50. The van der Waals surface area contributed by atoms with Gasteiger partial charge in [0.25, 0.3) is 5.79 Å². The van der Waals surface area contributed by atoms with Crippen LogP contribution >= 0.6 is 11.6 Å². The number of furan rings is 1. The minimum atomic E-state index is -1.07. The van der Waals surface area contributed by atoms with Crippen molar-refractivity contribution in [1.82, 2.24) is 14.5 Å². The van der Waals surface area contributed by atoms with Crippen molar-refractivity contribution in [2.24, 2.45) is 0 Å². The topological polar surface area (TPSA) is 99.2 Å². The van der Waals surface area contributed by atoms with E-state index in [4.69, 9.17) is 35.2 Å². The Morgan fingerprint density at radius 2 is 2.05 bits per heavy atom. The van der Waals surface area contributed by atoms with E-state index < -0.39 is 11.8 Å². The van der Waals surface area contributed by atoms with E-state index in [0.717, 1.165) is 71.7 Å². The van der Waals surface area contributed by atoms with Crippen molar-refractivity contribution in [2.45, 2.75) is 44.7 Å². The van der Waals surface area contributed by atoms with Gasteiger partial charge in [0, 0.05) is 37.6 Å². The molecule has 10 heteroatoms. The molecule has 5 aromatic rings. The molecule has 0 aliphatic carbocycles. The number of nitrogens with zero attached hydrogens (tertiary/aromatic N) is 3. The van der Waals surface area contributed by atoms with Crippen molar-refractivity contribution in [3.63, 3.8) is 0 Å². The van der Waals surface area contributed by atoms with Gasteiger partial charge in [0.2, 0.25) is 0 Å². The van der Waals surface area contributed by atoms with Gasteiger partial charge in [-0.2, -0.15) is 0 Å². The van der Waals surface area contributed by atoms with E-state index >= 15 is 0 Å². The number of carboxylic acids is 1. The molecular weight excluding hydrogens is 582 g/mol. The van der Waals surface area contributed by atoms with Crippen LogP contribution in [0.5, 0.6) is 11.5 Å². The molecule has 1 fully saturated rings. The first-order valence-electron chi connectivity index (χ1n) is 14.8. The Hall–Kier alpha value is -4.31. The summed E-state index contributed by atoms with van der Waals surface area (Å²) < 4.78 is 26.6. The summed E-state index contributed by atoms with van der Waals surface area (Å²) in [5, 5.41) is 11.0. The minimum Gasteiger partial charge on any atom is -0.478 e. The summed E-state index contributed by atoms with van der Waals surface area (Å²) in [5.74, 6) is 0.315. The number of rotatable bonds is 7. The van der Waals surface area contributed by atoms with Gasteiger partial charge in [-0.3, -0.25) is 4.90 Å². The normalized spacial score (nSPS) is 21.5. The third-order valence-corrected chi connectivity index (χ3v) is 9.22. The molecule has 1 unspecified atom stereocenters. The van der Waals surface area contributed by atoms with Crippen LogP contribution in [0.2, 0.25) is 5.02 Å². The summed E-state index contributed by atoms with van der Waals surface area (Å²) in [6.45, 7) is 5.55. The second-order valence-corrected chi connectivity index (χ2v) is 12.1. The molecule has 9 nitrogen and oxygen atoms in total. The van der Waals surface area contributed by atoms with Crippen molar-refractivity contribution in [1.29, 1.82) is 0 Å². The lowest BCUT2D eigenvalue weighted by atomic mass is 9.98. The maximum absolute atomic E-state index is 11.7. The molecule has 8 rings (SSSR count). The number of ether oxygens (including phenoxy) is 3. The fourth-order valence-corrected chi connectivity index (χ4v) is 6.65. The Morgan fingerprint density at radius 1 is 1.16 bits per heavy atom. The maximum Gasteiger partial charge on any atom is 0.335 e. The lowest BCUT2D eigenvalue weighted by Crippen LogP contribution is -2.33. The van der Waals surface area contributed by atoms with Crippen molar-refractivity contribution in [2.75, 3.05) is 19.7 Å². The van der Waals surface area contributed by atoms with Crippen molar-refractivity contribution in [3.8, 4) is 11.5 Å². The van der Waals surface area contributed by atoms with E-state index in [9.17, 15) is 9.90 Å². The second-order valence-electron chi connectivity index (χ2n) is 11.7. The number of fused-ring (bicyclic) bond motifs is 3. The standard InChI is InChI=1S/C34H30ClN3O6/c1-34(25-6-7-26(35)24-12-16-42-31(24)25)43-29-4-2-3-23(32(29)44-34)20-9-13-37(14-10-20)19-30-36-27-8-5-21(33(39)40)17-28(27)38(30)18-22-11-15-41-22/h2-9,12,16-17,22H,10-11,13-15,18-19H2,1H3,(H,39,40)/t22-,34?/m0/s1. The molecule has 3 aromatic carbocycles. The number of para-hydroxylation sites is 1. The van der Waals surface area contributed by atoms with Crippen LogP contribution in [0.15, 0.2) is 71.4 Å². The molecule has 2 aromatic heterocycles. The fraction of sp³-hybridized carbons (Fsp3) is 0.294. The zero-order chi connectivity index (χ0) is 30.0. The number of aromatic carboxylic acids is 1. The van der Waals surface area contributed by atoms with Crippen LogP contribution in [-0.2, 0) is 23.6 Å². The zero-order valence-electron chi connectivity index (χ0n) is 24.1. The van der Waals surface area contributed by atoms with Gasteiger partial charge in [0.05, 0.1) is 52.6 Å². The molecule has 224 valence electrons. The number of benzene rings is 3. The molecule has 0 radical (unpaired) electrons. The van der Waals surface area contributed by atoms with Gasteiger partial charge < -0.3 is 28.3 Å². The van der Waals surface area contributed by atoms with Crippen molar-refractivity contribution < 1.29 is 28.5 Å². The van der Waals surface area contributed by atoms with Crippen LogP contribution in [0.1, 0.15) is 47.1 Å². The Labute approximate surface area is 258 Å². The average molecular weight is 612 g/mol. The van der Waals surface area contributed by atoms with E-state index in [-0.39, 0.29) is 11.7 Å². The predicted molar refractivity (Wildman–Crippen MR) is 165 cm³/mol. The molecule has 44 heavy (non-hydrogen) atoms. The number of hydrogen-bond acceptors (Lipinski definition) is 7. The van der Waals surface area contributed by atoms with Crippen LogP contribution < -0.4 is 9.47 Å². The number of aromatic nitrogens is 2. The number of halogens is 1. The van der Waals surface area contributed by atoms with E-state index in [2.05, 4.69) is 21.6 Å². The van der Waals surface area contributed by atoms with E-state index in [1.165, 1.54) is 5.57 Å². The zero-order valence-corrected chi connectivity index (χ0v) is 24.8. The molecule has 1 N–H and O–H groups in total. The lowest BCUT2D eigenvalue weighted by Gasteiger charge is -2.29. The Balaban J connectivity index is 1.04. The first-order valence-corrected chi connectivity index (χ1v) is 15.2. The van der Waals surface area contributed by atoms with Crippen LogP contribution in [0.25, 0.3) is 27.6 Å². The van der Waals surface area contributed by atoms with Gasteiger partial charge in [-0.05, 0) is 60.9 Å². The third kappa shape index (κ3) is 4.54. The van der Waals surface area contributed by atoms with E-state index in [0.29, 0.717) is 29.4 Å². The fourth-order valence-electron chi connectivity index (χ4n) is 6.44. The van der Waals surface area contributed by atoms with Crippen LogP contribution in [0.4, 0.5) is 0 Å². The number of hydrogen-bond donors (Lipinski definition) is 1. The van der Waals surface area contributed by atoms with Gasteiger partial charge in [-0.15, -0.1) is 0 Å². The van der Waals surface area contributed by atoms with Crippen LogP contribution in [-0.4, -0.2) is 51.3 Å². The van der Waals surface area contributed by atoms with Gasteiger partial charge in [-0.1, -0.05) is 29.8 Å². The average Bonchev–Trinajstić information content (AvgIpc) is 3.71. The number of imidazole rings is 1. The van der Waals surface area contributed by atoms with Gasteiger partial charge in [-0.25, -0.2) is 9.78 Å². The Kier molecular flexibility index (Phi) is 6.44. The summed E-state index contributed by atoms with van der Waals surface area (Å²) >= 11 is 6.39. The molecule has 1 saturated heterocycles. The molecule has 0 amide bonds. The quantitative estimate of drug-likeness (QED) is 0.213. The summed E-state index contributed by atoms with van der Waals surface area (Å²) in [6, 6.07) is 16.7. The highest BCUT2D eigenvalue weighted by Gasteiger charge is 2.42. The smallest absolute Gasteiger partial charge is 0.335 e. The third-order valence-electron chi connectivity index (χ3n) is 8.89. The Morgan fingerprint density at radius 3 is 2.82 bits per heavy atom. The number of carbonyl (C=O) groups is 1. The van der Waals surface area contributed by atoms with Gasteiger partial charge >= 0.3 is 5.97 Å². The molecule has 3 aliphatic rings. The van der Waals surface area contributed by atoms with Crippen LogP contribution in [0.3, 0.4) is 0 Å². The number of carboxylic acid groups (broad SMARTS) is 1. The molecule has 5 heterocycles. The largest absolute Gasteiger partial charge is 0.478 e. The summed E-state index contributed by atoms with van der Waals surface area (Å²) in [4.78, 5) is 18.9. The van der Waals surface area contributed by atoms with E-state index in [1.807, 2.05) is 37.3 Å². The predicted octanol–water partition coefficient (Wildman–Crippen LogP) is 6.86. The van der Waals surface area contributed by atoms with Crippen LogP contribution in [0, 0.1) is 0 Å². The Bertz CT molecular complexity index is 1970. The summed E-state index contributed by atoms with van der Waals surface area (Å²) in [5.41, 5.74) is 5.53. The van der Waals surface area contributed by atoms with Gasteiger partial charge in [0.1, 0.15) is 11.4 Å². The SMILES string of the molecule is CC1(c2ccc(Cl)c3ccoc23)Oc2cccc(C3=CCN(Cc4nc5ccc(C(=O)O)cc5n4C[C@@H]4CCO4)CC3)c2O1. The lowest BCUT2D eigenvalue weighted by molar-refractivity contribution is -0.0674. The van der Waals surface area contributed by atoms with Gasteiger partial charge in [0.15, 0.2) is 11.5 Å². The molecule has 0 saturated carbocycles. The minimum absolute atomic E-state index is 0.123. The van der Waals surface area contributed by atoms with E-state index in [1.54, 1.807) is 24.5 Å². The molecule has 0 spiro atoms.